The number of rotatable bonds is 23. The zero-order chi connectivity index (χ0) is 46.4. The Bertz CT molecular complexity index is 1500. The van der Waals surface area contributed by atoms with E-state index in [-0.39, 0.29) is 36.0 Å². The zero-order valence-corrected chi connectivity index (χ0v) is 42.1. The maximum atomic E-state index is 13.7. The summed E-state index contributed by atoms with van der Waals surface area (Å²) < 4.78 is 16.9. The van der Waals surface area contributed by atoms with Crippen LogP contribution in [0.2, 0.25) is 0 Å². The molecule has 63 heavy (non-hydrogen) atoms. The average Bonchev–Trinajstić information content (AvgIpc) is 3.54. The quantitative estimate of drug-likeness (QED) is 0.0453. The van der Waals surface area contributed by atoms with Crippen LogP contribution in [-0.2, 0) is 23.8 Å². The van der Waals surface area contributed by atoms with Crippen molar-refractivity contribution in [1.29, 1.82) is 0 Å². The highest BCUT2D eigenvalue weighted by Crippen LogP contribution is 2.67. The lowest BCUT2D eigenvalue weighted by atomic mass is 9.47. The van der Waals surface area contributed by atoms with Gasteiger partial charge in [-0.3, -0.25) is 9.59 Å². The van der Waals surface area contributed by atoms with Gasteiger partial charge in [0.2, 0.25) is 5.91 Å². The van der Waals surface area contributed by atoms with E-state index in [0.29, 0.717) is 37.9 Å². The third-order valence-electron chi connectivity index (χ3n) is 15.5. The molecular formula is C53H93N3O7. The van der Waals surface area contributed by atoms with E-state index in [9.17, 15) is 19.2 Å². The molecule has 4 aliphatic carbocycles. The highest BCUT2D eigenvalue weighted by molar-refractivity contribution is 5.82. The molecule has 8 atom stereocenters. The lowest BCUT2D eigenvalue weighted by Gasteiger charge is -2.58. The van der Waals surface area contributed by atoms with Gasteiger partial charge < -0.3 is 29.7 Å². The summed E-state index contributed by atoms with van der Waals surface area (Å²) in [4.78, 5) is 52.9. The summed E-state index contributed by atoms with van der Waals surface area (Å²) in [7, 11) is 0. The van der Waals surface area contributed by atoms with Gasteiger partial charge in [0.25, 0.3) is 0 Å². The van der Waals surface area contributed by atoms with Crippen molar-refractivity contribution in [3.8, 4) is 0 Å². The first kappa shape index (κ1) is 52.8. The number of carbonyl (C=O) groups excluding carboxylic acids is 4. The van der Waals surface area contributed by atoms with Crippen LogP contribution in [-0.4, -0.2) is 72.4 Å². The number of nitrogens with one attached hydrogen (secondary N) is 2. The van der Waals surface area contributed by atoms with E-state index in [2.05, 4.69) is 51.3 Å². The fraction of sp³-hybridized carbons (Fsp3) is 0.887. The number of carbonyl (C=O) groups is 4. The lowest BCUT2D eigenvalue weighted by Crippen LogP contribution is -2.51. The molecule has 4 aliphatic rings. The maximum absolute atomic E-state index is 13.7. The third kappa shape index (κ3) is 16.6. The van der Waals surface area contributed by atoms with Gasteiger partial charge in [-0.25, -0.2) is 9.59 Å². The molecule has 0 aromatic heterocycles. The van der Waals surface area contributed by atoms with Crippen LogP contribution in [0.3, 0.4) is 0 Å². The van der Waals surface area contributed by atoms with Crippen LogP contribution in [0.4, 0.5) is 9.59 Å². The second kappa shape index (κ2) is 24.1. The molecule has 10 nitrogen and oxygen atoms in total. The molecule has 0 saturated heterocycles. The van der Waals surface area contributed by atoms with E-state index in [1.165, 1.54) is 56.9 Å². The predicted octanol–water partition coefficient (Wildman–Crippen LogP) is 12.7. The summed E-state index contributed by atoms with van der Waals surface area (Å²) in [5.74, 6) is 4.47. The molecule has 3 amide bonds. The number of allylic oxidation sites excluding steroid dienone is 1. The Morgan fingerprint density at radius 1 is 0.730 bits per heavy atom. The number of fused-ring (bicyclic) bond motifs is 5. The number of amides is 3. The van der Waals surface area contributed by atoms with E-state index < -0.39 is 17.3 Å². The molecule has 0 bridgehead atoms. The minimum atomic E-state index is -0.543. The highest BCUT2D eigenvalue weighted by Gasteiger charge is 2.59. The maximum Gasteiger partial charge on any atom is 0.407 e. The Hall–Kier alpha value is -2.78. The summed E-state index contributed by atoms with van der Waals surface area (Å²) in [5, 5.41) is 5.62. The van der Waals surface area contributed by atoms with Gasteiger partial charge in [0.1, 0.15) is 23.9 Å². The Labute approximate surface area is 384 Å². The fourth-order valence-corrected chi connectivity index (χ4v) is 12.3. The van der Waals surface area contributed by atoms with Crippen LogP contribution in [0.1, 0.15) is 211 Å². The molecule has 0 radical (unpaired) electrons. The molecule has 3 saturated carbocycles. The summed E-state index contributed by atoms with van der Waals surface area (Å²) in [6.45, 7) is 25.2. The van der Waals surface area contributed by atoms with Crippen molar-refractivity contribution in [2.45, 2.75) is 228 Å². The largest absolute Gasteiger partial charge is 0.461 e. The molecule has 0 heterocycles. The SMILES string of the molecule is CC(C)CCC[C@@H](C)[C@H]1CC[C@H]2[C@@H]3CC=C4C[C@@H](OC(=O)CN(CCCCCCCCNC(=O)OC(C)(C)C)C(=O)CCCCCNC(=O)OC(C)(C)C)CC[C@]4(C)[C@H]3CC[C@]12C. The zero-order valence-electron chi connectivity index (χ0n) is 42.1. The number of nitrogens with zero attached hydrogens (tertiary/aromatic N) is 1. The summed E-state index contributed by atoms with van der Waals surface area (Å²) in [5.41, 5.74) is 1.13. The Kier molecular flexibility index (Phi) is 20.2. The van der Waals surface area contributed by atoms with Gasteiger partial charge in [0.15, 0.2) is 0 Å². The van der Waals surface area contributed by atoms with Crippen molar-refractivity contribution in [1.82, 2.24) is 15.5 Å². The number of esters is 1. The fourth-order valence-electron chi connectivity index (χ4n) is 12.3. The second-order valence-electron chi connectivity index (χ2n) is 23.2. The number of hydrogen-bond donors (Lipinski definition) is 2. The highest BCUT2D eigenvalue weighted by atomic mass is 16.6. The van der Waals surface area contributed by atoms with Crippen molar-refractivity contribution in [3.05, 3.63) is 11.6 Å². The molecular weight excluding hydrogens is 791 g/mol. The summed E-state index contributed by atoms with van der Waals surface area (Å²) in [6, 6.07) is 0. The first-order chi connectivity index (χ1) is 29.6. The molecule has 0 unspecified atom stereocenters. The standard InChI is InChI=1S/C53H93N3O7/c1-38(2)22-21-23-39(3)43-27-28-44-42-26-25-40-36-41(29-31-52(40,10)45(42)30-32-53(43,44)11)61-47(58)37-56(46(57)24-17-16-19-34-55-49(60)63-51(7,8)9)35-20-15-13-12-14-18-33-54-48(59)62-50(4,5)6/h25,38-39,41-45H,12-24,26-37H2,1-11H3,(H,54,59)(H,55,60)/t39-,41+,42+,43-,44+,45+,52+,53-/m1/s1. The van der Waals surface area contributed by atoms with Crippen molar-refractivity contribution in [3.63, 3.8) is 0 Å². The van der Waals surface area contributed by atoms with Gasteiger partial charge in [-0.1, -0.05) is 97.6 Å². The van der Waals surface area contributed by atoms with Gasteiger partial charge in [-0.05, 0) is 159 Å². The van der Waals surface area contributed by atoms with Crippen LogP contribution in [0.25, 0.3) is 0 Å². The Morgan fingerprint density at radius 3 is 1.95 bits per heavy atom. The Balaban J connectivity index is 1.26. The molecule has 0 aliphatic heterocycles. The van der Waals surface area contributed by atoms with Crippen LogP contribution >= 0.6 is 0 Å². The van der Waals surface area contributed by atoms with E-state index >= 15 is 0 Å². The van der Waals surface area contributed by atoms with Gasteiger partial charge in [0.05, 0.1) is 0 Å². The smallest absolute Gasteiger partial charge is 0.407 e. The average molecular weight is 884 g/mol. The van der Waals surface area contributed by atoms with Crippen LogP contribution in [0.15, 0.2) is 11.6 Å². The van der Waals surface area contributed by atoms with Gasteiger partial charge in [0, 0.05) is 32.5 Å². The monoisotopic (exact) mass is 884 g/mol. The topological polar surface area (TPSA) is 123 Å². The van der Waals surface area contributed by atoms with Crippen LogP contribution < -0.4 is 10.6 Å². The molecule has 0 aromatic carbocycles. The molecule has 10 heteroatoms. The first-order valence-electron chi connectivity index (χ1n) is 25.7. The molecule has 0 spiro atoms. The van der Waals surface area contributed by atoms with E-state index in [1.54, 1.807) is 4.90 Å². The number of unbranched alkanes of at least 4 members (excludes halogenated alkanes) is 7. The van der Waals surface area contributed by atoms with Gasteiger partial charge in [-0.2, -0.15) is 0 Å². The van der Waals surface area contributed by atoms with Crippen molar-refractivity contribution < 1.29 is 33.4 Å². The van der Waals surface area contributed by atoms with E-state index in [0.717, 1.165) is 106 Å². The normalized spacial score (nSPS) is 27.3. The van der Waals surface area contributed by atoms with Crippen LogP contribution in [0, 0.1) is 46.3 Å². The van der Waals surface area contributed by atoms with E-state index in [1.807, 2.05) is 41.5 Å². The lowest BCUT2D eigenvalue weighted by molar-refractivity contribution is -0.156. The molecule has 3 fully saturated rings. The predicted molar refractivity (Wildman–Crippen MR) is 254 cm³/mol. The Morgan fingerprint density at radius 2 is 1.33 bits per heavy atom. The minimum Gasteiger partial charge on any atom is -0.461 e. The molecule has 362 valence electrons. The minimum absolute atomic E-state index is 0.00972. The molecule has 2 N–H and O–H groups in total. The summed E-state index contributed by atoms with van der Waals surface area (Å²) in [6.07, 6.45) is 23.5. The number of alkyl carbamates (subject to hydrolysis) is 2. The number of hydrogen-bond acceptors (Lipinski definition) is 7. The second-order valence-corrected chi connectivity index (χ2v) is 23.2. The molecule has 0 aromatic rings. The number of ether oxygens (including phenoxy) is 3. The first-order valence-corrected chi connectivity index (χ1v) is 25.7. The van der Waals surface area contributed by atoms with Crippen molar-refractivity contribution in [2.75, 3.05) is 26.2 Å². The van der Waals surface area contributed by atoms with Crippen molar-refractivity contribution in [2.24, 2.45) is 46.3 Å². The molecule has 4 rings (SSSR count). The van der Waals surface area contributed by atoms with Gasteiger partial charge in [-0.15, -0.1) is 0 Å². The van der Waals surface area contributed by atoms with E-state index in [4.69, 9.17) is 14.2 Å². The van der Waals surface area contributed by atoms with Crippen molar-refractivity contribution >= 4 is 24.1 Å². The van der Waals surface area contributed by atoms with Crippen LogP contribution in [0.5, 0.6) is 0 Å². The summed E-state index contributed by atoms with van der Waals surface area (Å²) >= 11 is 0. The van der Waals surface area contributed by atoms with Gasteiger partial charge >= 0.3 is 18.2 Å². The third-order valence-corrected chi connectivity index (χ3v) is 15.5.